The number of benzene rings is 1. The van der Waals surface area contributed by atoms with Crippen LogP contribution in [0.25, 0.3) is 0 Å². The van der Waals surface area contributed by atoms with E-state index >= 15 is 0 Å². The van der Waals surface area contributed by atoms with E-state index in [0.29, 0.717) is 16.3 Å². The summed E-state index contributed by atoms with van der Waals surface area (Å²) < 4.78 is 31.7. The summed E-state index contributed by atoms with van der Waals surface area (Å²) >= 11 is 0. The van der Waals surface area contributed by atoms with Crippen molar-refractivity contribution in [2.75, 3.05) is 13.1 Å². The van der Waals surface area contributed by atoms with Crippen molar-refractivity contribution >= 4 is 51.8 Å². The number of likely N-dealkylation sites (tertiary alicyclic amines) is 1. The number of urea groups is 1. The van der Waals surface area contributed by atoms with E-state index in [2.05, 4.69) is 5.32 Å². The first-order valence-corrected chi connectivity index (χ1v) is 8.96. The van der Waals surface area contributed by atoms with Gasteiger partial charge in [0.2, 0.25) is 0 Å². The third-order valence-corrected chi connectivity index (χ3v) is 5.32. The molecule has 2 aliphatic heterocycles. The minimum atomic E-state index is -4.60. The molecule has 12 heteroatoms. The van der Waals surface area contributed by atoms with Gasteiger partial charge in [-0.1, -0.05) is 6.07 Å². The van der Waals surface area contributed by atoms with Crippen LogP contribution in [0.5, 0.6) is 11.5 Å². The minimum Gasteiger partial charge on any atom is -0.504 e. The first kappa shape index (κ1) is 20.8. The molecule has 2 heterocycles. The van der Waals surface area contributed by atoms with E-state index in [9.17, 15) is 28.2 Å². The van der Waals surface area contributed by atoms with Gasteiger partial charge in [-0.05, 0) is 30.5 Å². The molecule has 3 rings (SSSR count). The van der Waals surface area contributed by atoms with E-state index < -0.39 is 34.3 Å². The number of fused-ring (bicyclic) bond motifs is 1. The van der Waals surface area contributed by atoms with E-state index in [0.717, 1.165) is 0 Å². The zero-order valence-corrected chi connectivity index (χ0v) is 16.8. The van der Waals surface area contributed by atoms with E-state index in [4.69, 9.17) is 4.55 Å². The van der Waals surface area contributed by atoms with Crippen LogP contribution in [0.15, 0.2) is 18.2 Å². The fraction of sp³-hybridized carbons (Fsp3) is 0.429. The SMILES string of the molecule is O=C(NCCc1ccc(O)c(O)c1)N1CC[C@@H]2[C@H]1C(=O)N2S(=O)(=O)O.[Na]. The normalized spacial score (nSPS) is 21.7. The zero-order valence-electron chi connectivity index (χ0n) is 14.0. The van der Waals surface area contributed by atoms with Crippen molar-refractivity contribution < 1.29 is 32.8 Å². The number of phenolic OH excluding ortho intramolecular Hbond substituents is 2. The first-order valence-electron chi connectivity index (χ1n) is 7.56. The van der Waals surface area contributed by atoms with Gasteiger partial charge in [0, 0.05) is 42.6 Å². The molecule has 0 bridgehead atoms. The number of phenols is 2. The molecule has 26 heavy (non-hydrogen) atoms. The molecular weight excluding hydrogens is 377 g/mol. The molecule has 2 fully saturated rings. The number of carbonyl (C=O) groups excluding carboxylic acids is 2. The van der Waals surface area contributed by atoms with Gasteiger partial charge in [-0.3, -0.25) is 9.35 Å². The second-order valence-corrected chi connectivity index (χ2v) is 7.20. The number of rotatable bonds is 4. The number of β-lactam (4-membered cyclic amide) rings is 1. The van der Waals surface area contributed by atoms with Crippen molar-refractivity contribution in [2.24, 2.45) is 0 Å². The van der Waals surface area contributed by atoms with Crippen LogP contribution in [0, 0.1) is 0 Å². The van der Waals surface area contributed by atoms with Crippen molar-refractivity contribution in [3.8, 4) is 11.5 Å². The van der Waals surface area contributed by atoms with Gasteiger partial charge in [0.1, 0.15) is 6.04 Å². The van der Waals surface area contributed by atoms with Crippen molar-refractivity contribution in [1.29, 1.82) is 0 Å². The Hall–Kier alpha value is -1.53. The summed E-state index contributed by atoms with van der Waals surface area (Å²) in [6.07, 6.45) is 0.669. The van der Waals surface area contributed by atoms with E-state index in [1.807, 2.05) is 0 Å². The number of nitrogens with one attached hydrogen (secondary N) is 1. The Morgan fingerprint density at radius 2 is 1.96 bits per heavy atom. The fourth-order valence-electron chi connectivity index (χ4n) is 3.18. The summed E-state index contributed by atoms with van der Waals surface area (Å²) in [6.45, 7) is 0.437. The second kappa shape index (κ2) is 7.61. The average molecular weight is 394 g/mol. The summed E-state index contributed by atoms with van der Waals surface area (Å²) in [5.74, 6) is -1.30. The van der Waals surface area contributed by atoms with Crippen molar-refractivity contribution in [2.45, 2.75) is 24.9 Å². The number of amides is 3. The minimum absolute atomic E-state index is 0. The Morgan fingerprint density at radius 3 is 2.58 bits per heavy atom. The standard InChI is InChI=1S/C14H17N3O7S.Na/c18-10-2-1-8(7-11(10)19)3-5-15-14(21)16-6-4-9-12(16)13(20)17(9)25(22,23)24;/h1-2,7,9,12,18-19H,3-6H2,(H,15,21)(H,22,23,24);/t9-,12+;/m1./s1. The molecule has 3 amide bonds. The van der Waals surface area contributed by atoms with Crippen molar-refractivity contribution in [3.63, 3.8) is 0 Å². The maximum Gasteiger partial charge on any atom is 0.362 e. The van der Waals surface area contributed by atoms with Crippen molar-refractivity contribution in [1.82, 2.24) is 14.5 Å². The average Bonchev–Trinajstić information content (AvgIpc) is 2.88. The molecule has 1 aromatic rings. The second-order valence-electron chi connectivity index (χ2n) is 5.91. The van der Waals surface area contributed by atoms with Crippen LogP contribution < -0.4 is 5.32 Å². The Morgan fingerprint density at radius 1 is 1.27 bits per heavy atom. The molecule has 0 spiro atoms. The van der Waals surface area contributed by atoms with Crippen LogP contribution in [0.2, 0.25) is 0 Å². The van der Waals surface area contributed by atoms with Gasteiger partial charge in [0.05, 0.1) is 6.04 Å². The molecular formula is C14H17N3NaO7S. The molecule has 0 aromatic heterocycles. The summed E-state index contributed by atoms with van der Waals surface area (Å²) in [4.78, 5) is 25.3. The topological polar surface area (TPSA) is 147 Å². The van der Waals surface area contributed by atoms with Gasteiger partial charge in [-0.15, -0.1) is 0 Å². The van der Waals surface area contributed by atoms with Crippen molar-refractivity contribution in [3.05, 3.63) is 23.8 Å². The molecule has 2 aliphatic rings. The maximum absolute atomic E-state index is 12.2. The quantitative estimate of drug-likeness (QED) is 0.223. The summed E-state index contributed by atoms with van der Waals surface area (Å²) in [6, 6.07) is 2.23. The summed E-state index contributed by atoms with van der Waals surface area (Å²) in [7, 11) is -4.60. The molecule has 137 valence electrons. The molecule has 2 atom stereocenters. The van der Waals surface area contributed by atoms with Crippen LogP contribution in [0.1, 0.15) is 12.0 Å². The van der Waals surface area contributed by atoms with Crippen LogP contribution in [-0.4, -0.2) is 99.1 Å². The number of nitrogens with zero attached hydrogens (tertiary/aromatic N) is 2. The third kappa shape index (κ3) is 3.76. The molecule has 1 radical (unpaired) electrons. The Labute approximate surface area is 171 Å². The molecule has 4 N–H and O–H groups in total. The van der Waals surface area contributed by atoms with Gasteiger partial charge in [-0.2, -0.15) is 8.42 Å². The number of carbonyl (C=O) groups is 2. The number of hydrogen-bond acceptors (Lipinski definition) is 6. The van der Waals surface area contributed by atoms with E-state index in [-0.39, 0.29) is 60.6 Å². The molecule has 0 saturated carbocycles. The Balaban J connectivity index is 0.00000243. The first-order chi connectivity index (χ1) is 11.7. The predicted octanol–water partition coefficient (Wildman–Crippen LogP) is -0.943. The molecule has 0 unspecified atom stereocenters. The predicted molar refractivity (Wildman–Crippen MR) is 89.9 cm³/mol. The van der Waals surface area contributed by atoms with E-state index in [1.54, 1.807) is 6.07 Å². The van der Waals surface area contributed by atoms with Gasteiger partial charge >= 0.3 is 16.3 Å². The van der Waals surface area contributed by atoms with Crippen LogP contribution in [-0.2, 0) is 21.5 Å². The van der Waals surface area contributed by atoms with Gasteiger partial charge < -0.3 is 20.4 Å². The Bertz CT molecular complexity index is 832. The van der Waals surface area contributed by atoms with Gasteiger partial charge in [0.25, 0.3) is 5.91 Å². The van der Waals surface area contributed by atoms with Crippen LogP contribution in [0.4, 0.5) is 4.79 Å². The number of aromatic hydroxyl groups is 2. The smallest absolute Gasteiger partial charge is 0.362 e. The fourth-order valence-corrected chi connectivity index (χ4v) is 4.08. The summed E-state index contributed by atoms with van der Waals surface area (Å²) in [5.41, 5.74) is 0.701. The van der Waals surface area contributed by atoms with Gasteiger partial charge in [0.15, 0.2) is 11.5 Å². The van der Waals surface area contributed by atoms with E-state index in [1.165, 1.54) is 17.0 Å². The van der Waals surface area contributed by atoms with Crippen LogP contribution >= 0.6 is 0 Å². The zero-order chi connectivity index (χ0) is 18.4. The van der Waals surface area contributed by atoms with Crippen LogP contribution in [0.3, 0.4) is 0 Å². The summed E-state index contributed by atoms with van der Waals surface area (Å²) in [5, 5.41) is 21.3. The third-order valence-electron chi connectivity index (χ3n) is 4.38. The largest absolute Gasteiger partial charge is 0.504 e. The monoisotopic (exact) mass is 394 g/mol. The van der Waals surface area contributed by atoms with Gasteiger partial charge in [-0.25, -0.2) is 9.10 Å². The molecule has 0 aliphatic carbocycles. The molecule has 2 saturated heterocycles. The molecule has 1 aromatic carbocycles. The Kier molecular flexibility index (Phi) is 6.08. The number of hydrogen-bond donors (Lipinski definition) is 4. The molecule has 10 nitrogen and oxygen atoms in total. The maximum atomic E-state index is 12.2.